The Kier molecular flexibility index (Phi) is 6.69. The van der Waals surface area contributed by atoms with Crippen LogP contribution in [-0.2, 0) is 9.78 Å². The van der Waals surface area contributed by atoms with Gasteiger partial charge in [-0.2, -0.15) is 0 Å². The van der Waals surface area contributed by atoms with Crippen LogP contribution in [0, 0.1) is 0 Å². The van der Waals surface area contributed by atoms with Gasteiger partial charge in [0, 0.05) is 18.6 Å². The maximum atomic E-state index is 12.7. The van der Waals surface area contributed by atoms with Gasteiger partial charge in [0.15, 0.2) is 23.7 Å². The van der Waals surface area contributed by atoms with Gasteiger partial charge in [0.25, 0.3) is 0 Å². The number of ether oxygens (including phenoxy) is 2. The Balaban J connectivity index is 1.39. The number of fused-ring (bicyclic) bond motifs is 1. The first kappa shape index (κ1) is 22.2. The van der Waals surface area contributed by atoms with Crippen molar-refractivity contribution in [3.05, 3.63) is 41.5 Å². The first-order valence-corrected chi connectivity index (χ1v) is 10.6. The molecule has 0 aliphatic carbocycles. The minimum absolute atomic E-state index is 0.0752. The van der Waals surface area contributed by atoms with E-state index < -0.39 is 23.7 Å². The molecule has 1 fully saturated rings. The number of phenolic OH excluding ortho intramolecular Hbond substituents is 3. The van der Waals surface area contributed by atoms with Crippen LogP contribution in [-0.4, -0.2) is 51.6 Å². The molecule has 0 radical (unpaired) electrons. The van der Waals surface area contributed by atoms with Crippen LogP contribution in [0.2, 0.25) is 0 Å². The van der Waals surface area contributed by atoms with E-state index >= 15 is 0 Å². The van der Waals surface area contributed by atoms with Gasteiger partial charge in [0.05, 0.1) is 19.3 Å². The summed E-state index contributed by atoms with van der Waals surface area (Å²) in [6.07, 6.45) is 2.07. The van der Waals surface area contributed by atoms with Crippen LogP contribution in [0.25, 0.3) is 0 Å². The molecule has 1 saturated heterocycles. The van der Waals surface area contributed by atoms with Gasteiger partial charge in [0.2, 0.25) is 5.78 Å². The van der Waals surface area contributed by atoms with Gasteiger partial charge in [-0.1, -0.05) is 12.5 Å². The molecule has 2 aromatic carbocycles. The molecule has 3 atom stereocenters. The third kappa shape index (κ3) is 4.74. The molecular weight excluding hydrogens is 420 g/mol. The van der Waals surface area contributed by atoms with Crippen molar-refractivity contribution in [3.63, 3.8) is 0 Å². The molecule has 4 N–H and O–H groups in total. The number of carbonyl (C=O) groups is 1. The molecule has 2 heterocycles. The van der Waals surface area contributed by atoms with Gasteiger partial charge in [-0.25, -0.2) is 9.78 Å². The molecule has 0 amide bonds. The van der Waals surface area contributed by atoms with Crippen molar-refractivity contribution in [3.8, 4) is 28.7 Å². The van der Waals surface area contributed by atoms with Crippen molar-refractivity contribution < 1.29 is 44.5 Å². The smallest absolute Gasteiger partial charge is 0.202 e. The second-order valence-corrected chi connectivity index (χ2v) is 7.94. The normalized spacial score (nSPS) is 22.4. The predicted molar refractivity (Wildman–Crippen MR) is 111 cm³/mol. The Hall–Kier alpha value is -3.01. The van der Waals surface area contributed by atoms with Gasteiger partial charge in [-0.05, 0) is 37.0 Å². The summed E-state index contributed by atoms with van der Waals surface area (Å²) >= 11 is 0. The van der Waals surface area contributed by atoms with E-state index in [1.165, 1.54) is 30.3 Å². The monoisotopic (exact) mass is 446 g/mol. The summed E-state index contributed by atoms with van der Waals surface area (Å²) in [5.41, 5.74) is 0.178. The third-order valence-electron chi connectivity index (χ3n) is 5.61. The van der Waals surface area contributed by atoms with E-state index in [0.717, 1.165) is 32.1 Å². The van der Waals surface area contributed by atoms with Crippen molar-refractivity contribution in [1.82, 2.24) is 0 Å². The number of rotatable bonds is 8. The number of hydrogen-bond acceptors (Lipinski definition) is 9. The number of aromatic hydroxyl groups is 3. The molecule has 3 unspecified atom stereocenters. The second kappa shape index (κ2) is 9.64. The van der Waals surface area contributed by atoms with Crippen LogP contribution in [0.4, 0.5) is 0 Å². The second-order valence-electron chi connectivity index (χ2n) is 7.94. The molecule has 9 heteroatoms. The van der Waals surface area contributed by atoms with E-state index in [4.69, 9.17) is 19.2 Å². The highest BCUT2D eigenvalue weighted by molar-refractivity contribution is 6.05. The van der Waals surface area contributed by atoms with Crippen molar-refractivity contribution in [2.75, 3.05) is 13.2 Å². The average molecular weight is 446 g/mol. The summed E-state index contributed by atoms with van der Waals surface area (Å²) in [7, 11) is 0. The van der Waals surface area contributed by atoms with Crippen LogP contribution in [0.1, 0.15) is 54.1 Å². The van der Waals surface area contributed by atoms with Crippen LogP contribution in [0.5, 0.6) is 28.7 Å². The summed E-state index contributed by atoms with van der Waals surface area (Å²) in [5, 5.41) is 40.0. The highest BCUT2D eigenvalue weighted by atomic mass is 17.2. The van der Waals surface area contributed by atoms with E-state index in [0.29, 0.717) is 24.5 Å². The topological polar surface area (TPSA) is 135 Å². The lowest BCUT2D eigenvalue weighted by molar-refractivity contribution is -0.275. The summed E-state index contributed by atoms with van der Waals surface area (Å²) in [6.45, 7) is 1.07. The predicted octanol–water partition coefficient (Wildman–Crippen LogP) is 3.14. The number of hydrogen-bond donors (Lipinski definition) is 4. The Labute approximate surface area is 184 Å². The van der Waals surface area contributed by atoms with Crippen molar-refractivity contribution in [2.45, 2.75) is 50.4 Å². The van der Waals surface area contributed by atoms with E-state index in [-0.39, 0.29) is 28.9 Å². The average Bonchev–Trinajstić information content (AvgIpc) is 3.28. The molecule has 0 bridgehead atoms. The van der Waals surface area contributed by atoms with Gasteiger partial charge in [0.1, 0.15) is 22.8 Å². The summed E-state index contributed by atoms with van der Waals surface area (Å²) in [4.78, 5) is 22.7. The third-order valence-corrected chi connectivity index (χ3v) is 5.61. The van der Waals surface area contributed by atoms with Gasteiger partial charge >= 0.3 is 0 Å². The number of carbonyl (C=O) groups excluding carboxylic acids is 1. The van der Waals surface area contributed by atoms with E-state index in [1.807, 2.05) is 0 Å². The first-order chi connectivity index (χ1) is 15.4. The molecular formula is C23H26O9. The van der Waals surface area contributed by atoms with Crippen molar-refractivity contribution in [2.24, 2.45) is 0 Å². The molecule has 32 heavy (non-hydrogen) atoms. The van der Waals surface area contributed by atoms with Gasteiger partial charge in [-0.3, -0.25) is 4.79 Å². The van der Waals surface area contributed by atoms with Gasteiger partial charge in [-0.15, -0.1) is 0 Å². The van der Waals surface area contributed by atoms with E-state index in [1.54, 1.807) is 0 Å². The number of benzene rings is 2. The van der Waals surface area contributed by atoms with Crippen molar-refractivity contribution in [1.29, 1.82) is 0 Å². The summed E-state index contributed by atoms with van der Waals surface area (Å²) in [5.74, 6) is -1.36. The summed E-state index contributed by atoms with van der Waals surface area (Å²) in [6, 6.07) is 6.71. The Morgan fingerprint density at radius 3 is 2.59 bits per heavy atom. The number of aliphatic hydroxyl groups excluding tert-OH is 1. The molecule has 0 saturated carbocycles. The lowest BCUT2D eigenvalue weighted by atomic mass is 9.92. The zero-order chi connectivity index (χ0) is 22.7. The Morgan fingerprint density at radius 2 is 1.84 bits per heavy atom. The molecule has 0 aromatic heterocycles. The lowest BCUT2D eigenvalue weighted by Gasteiger charge is -2.30. The molecule has 2 aromatic rings. The van der Waals surface area contributed by atoms with Gasteiger partial charge < -0.3 is 29.9 Å². The number of Topliss-reactive ketones (excluding diaryl/α,β-unsaturated/α-hetero) is 1. The number of unbranched alkanes of at least 4 members (excludes halogenated alkanes) is 2. The molecule has 4 rings (SSSR count). The molecule has 0 spiro atoms. The zero-order valence-electron chi connectivity index (χ0n) is 17.4. The minimum atomic E-state index is -1.58. The largest absolute Gasteiger partial charge is 0.507 e. The van der Waals surface area contributed by atoms with Crippen LogP contribution >= 0.6 is 0 Å². The number of phenols is 3. The number of ketones is 1. The zero-order valence-corrected chi connectivity index (χ0v) is 17.4. The fraction of sp³-hybridized carbons (Fsp3) is 0.435. The fourth-order valence-electron chi connectivity index (χ4n) is 3.86. The van der Waals surface area contributed by atoms with E-state index in [9.17, 15) is 25.2 Å². The maximum absolute atomic E-state index is 12.7. The van der Waals surface area contributed by atoms with Crippen LogP contribution in [0.15, 0.2) is 30.3 Å². The molecule has 2 aliphatic rings. The Morgan fingerprint density at radius 1 is 1.00 bits per heavy atom. The summed E-state index contributed by atoms with van der Waals surface area (Å²) < 4.78 is 11.5. The lowest BCUT2D eigenvalue weighted by Crippen LogP contribution is -2.36. The standard InChI is InChI=1S/C23H26O9/c24-16-6-5-13(10-17(16)25)23-22(28)21(27)20-18(26)11-15(12-19(20)31-23)29-8-3-1-2-4-14-7-9-30-32-14/h5-6,10-12,14,22-26,28H,1-4,7-9H2. The minimum Gasteiger partial charge on any atom is -0.507 e. The quantitative estimate of drug-likeness (QED) is 0.274. The highest BCUT2D eigenvalue weighted by Crippen LogP contribution is 2.43. The first-order valence-electron chi connectivity index (χ1n) is 10.6. The highest BCUT2D eigenvalue weighted by Gasteiger charge is 2.39. The number of aliphatic hydroxyl groups is 1. The Bertz CT molecular complexity index is 968. The SMILES string of the molecule is O=C1c2c(O)cc(OCCCCCC3CCOO3)cc2OC(c2ccc(O)c(O)c2)C1O. The molecule has 172 valence electrons. The van der Waals surface area contributed by atoms with Crippen molar-refractivity contribution >= 4 is 5.78 Å². The maximum Gasteiger partial charge on any atom is 0.202 e. The molecule has 2 aliphatic heterocycles. The van der Waals surface area contributed by atoms with Crippen LogP contribution in [0.3, 0.4) is 0 Å². The molecule has 9 nitrogen and oxygen atoms in total. The fourth-order valence-corrected chi connectivity index (χ4v) is 3.86. The van der Waals surface area contributed by atoms with E-state index in [2.05, 4.69) is 0 Å². The van der Waals surface area contributed by atoms with Crippen LogP contribution < -0.4 is 9.47 Å².